The van der Waals surface area contributed by atoms with Gasteiger partial charge in [-0.2, -0.15) is 5.10 Å². The predicted molar refractivity (Wildman–Crippen MR) is 65.6 cm³/mol. The van der Waals surface area contributed by atoms with Gasteiger partial charge in [-0.3, -0.25) is 9.89 Å². The summed E-state index contributed by atoms with van der Waals surface area (Å²) in [6.45, 7) is 1.84. The number of aromatic nitrogens is 2. The third kappa shape index (κ3) is 2.41. The highest BCUT2D eigenvalue weighted by Crippen LogP contribution is 2.17. The highest BCUT2D eigenvalue weighted by molar-refractivity contribution is 5.96. The Balaban J connectivity index is 1.98. The molecule has 1 saturated heterocycles. The molecule has 17 heavy (non-hydrogen) atoms. The summed E-state index contributed by atoms with van der Waals surface area (Å²) in [5, 5.41) is 6.41. The van der Waals surface area contributed by atoms with E-state index in [0.717, 1.165) is 19.5 Å². The van der Waals surface area contributed by atoms with E-state index in [0.29, 0.717) is 17.4 Å². The number of nitrogens with zero attached hydrogens (tertiary/aromatic N) is 3. The van der Waals surface area contributed by atoms with Crippen molar-refractivity contribution in [1.82, 2.24) is 20.0 Å². The number of carbonyl (C=O) groups is 1. The molecule has 3 N–H and O–H groups in total. The lowest BCUT2D eigenvalue weighted by Gasteiger charge is -2.25. The molecule has 0 radical (unpaired) electrons. The Labute approximate surface area is 101 Å². The van der Waals surface area contributed by atoms with Crippen LogP contribution in [0.4, 0.5) is 5.69 Å². The van der Waals surface area contributed by atoms with E-state index >= 15 is 0 Å². The molecule has 0 spiro atoms. The Morgan fingerprint density at radius 2 is 2.53 bits per heavy atom. The topological polar surface area (TPSA) is 78.2 Å². The standard InChI is InChI=1S/C11H19N5O/c1-15-5-3-4-8(15)7-16(2)11(17)10-9(12)6-13-14-10/h6,8H,3-5,7,12H2,1-2H3,(H,13,14). The average Bonchev–Trinajstić information content (AvgIpc) is 2.88. The van der Waals surface area contributed by atoms with Gasteiger partial charge in [-0.1, -0.05) is 0 Å². The number of aromatic amines is 1. The van der Waals surface area contributed by atoms with Crippen LogP contribution in [-0.2, 0) is 0 Å². The van der Waals surface area contributed by atoms with Crippen LogP contribution in [0.25, 0.3) is 0 Å². The number of hydrogen-bond acceptors (Lipinski definition) is 4. The largest absolute Gasteiger partial charge is 0.396 e. The van der Waals surface area contributed by atoms with Gasteiger partial charge in [-0.15, -0.1) is 0 Å². The Bertz CT molecular complexity index is 402. The summed E-state index contributed by atoms with van der Waals surface area (Å²) in [6, 6.07) is 0.452. The van der Waals surface area contributed by atoms with Crippen molar-refractivity contribution in [1.29, 1.82) is 0 Å². The van der Waals surface area contributed by atoms with Crippen LogP contribution < -0.4 is 5.73 Å². The van der Waals surface area contributed by atoms with Gasteiger partial charge >= 0.3 is 0 Å². The molecule has 0 saturated carbocycles. The SMILES string of the molecule is CN(CC1CCCN1C)C(=O)c1[nH]ncc1N. The van der Waals surface area contributed by atoms with Gasteiger partial charge in [0.05, 0.1) is 11.9 Å². The minimum atomic E-state index is -0.0969. The molecule has 1 unspecified atom stereocenters. The van der Waals surface area contributed by atoms with Crippen LogP contribution in [0.3, 0.4) is 0 Å². The van der Waals surface area contributed by atoms with Crippen LogP contribution in [0.5, 0.6) is 0 Å². The minimum Gasteiger partial charge on any atom is -0.396 e. The van der Waals surface area contributed by atoms with Crippen molar-refractivity contribution in [2.24, 2.45) is 0 Å². The molecule has 1 aromatic heterocycles. The lowest BCUT2D eigenvalue weighted by molar-refractivity contribution is 0.0756. The van der Waals surface area contributed by atoms with Gasteiger partial charge < -0.3 is 15.5 Å². The molecule has 6 nitrogen and oxygen atoms in total. The van der Waals surface area contributed by atoms with Crippen molar-refractivity contribution < 1.29 is 4.79 Å². The molecular weight excluding hydrogens is 218 g/mol. The fourth-order valence-electron chi connectivity index (χ4n) is 2.27. The molecule has 1 aromatic rings. The number of nitrogen functional groups attached to an aromatic ring is 1. The van der Waals surface area contributed by atoms with Gasteiger partial charge in [-0.25, -0.2) is 0 Å². The Hall–Kier alpha value is -1.56. The van der Waals surface area contributed by atoms with Crippen LogP contribution in [0.15, 0.2) is 6.20 Å². The maximum Gasteiger partial charge on any atom is 0.273 e. The molecule has 0 bridgehead atoms. The highest BCUT2D eigenvalue weighted by atomic mass is 16.2. The quantitative estimate of drug-likeness (QED) is 0.785. The fraction of sp³-hybridized carbons (Fsp3) is 0.636. The maximum atomic E-state index is 12.1. The van der Waals surface area contributed by atoms with Crippen molar-refractivity contribution in [2.75, 3.05) is 32.9 Å². The minimum absolute atomic E-state index is 0.0969. The maximum absolute atomic E-state index is 12.1. The summed E-state index contributed by atoms with van der Waals surface area (Å²) in [5.41, 5.74) is 6.45. The predicted octanol–water partition coefficient (Wildman–Crippen LogP) is 0.158. The summed E-state index contributed by atoms with van der Waals surface area (Å²) >= 11 is 0. The fourth-order valence-corrected chi connectivity index (χ4v) is 2.27. The van der Waals surface area contributed by atoms with Crippen LogP contribution >= 0.6 is 0 Å². The molecule has 1 atom stereocenters. The van der Waals surface area contributed by atoms with Crippen molar-refractivity contribution in [2.45, 2.75) is 18.9 Å². The zero-order chi connectivity index (χ0) is 12.4. The molecule has 0 aliphatic carbocycles. The van der Waals surface area contributed by atoms with E-state index in [1.807, 2.05) is 0 Å². The first-order valence-electron chi connectivity index (χ1n) is 5.84. The van der Waals surface area contributed by atoms with Crippen LogP contribution in [-0.4, -0.2) is 59.1 Å². The van der Waals surface area contributed by atoms with Crippen molar-refractivity contribution in [3.63, 3.8) is 0 Å². The molecule has 1 amide bonds. The third-order valence-corrected chi connectivity index (χ3v) is 3.39. The Kier molecular flexibility index (Phi) is 3.33. The number of anilines is 1. The molecule has 94 valence electrons. The molecule has 1 fully saturated rings. The van der Waals surface area contributed by atoms with Gasteiger partial charge in [-0.05, 0) is 26.4 Å². The summed E-state index contributed by atoms with van der Waals surface area (Å²) in [6.07, 6.45) is 3.81. The third-order valence-electron chi connectivity index (χ3n) is 3.39. The number of rotatable bonds is 3. The van der Waals surface area contributed by atoms with Crippen molar-refractivity contribution in [3.05, 3.63) is 11.9 Å². The molecule has 2 rings (SSSR count). The second kappa shape index (κ2) is 4.75. The molecular formula is C11H19N5O. The van der Waals surface area contributed by atoms with Gasteiger partial charge in [0.2, 0.25) is 0 Å². The molecule has 1 aliphatic rings. The first kappa shape index (κ1) is 11.9. The van der Waals surface area contributed by atoms with E-state index in [1.54, 1.807) is 11.9 Å². The van der Waals surface area contributed by atoms with Crippen molar-refractivity contribution in [3.8, 4) is 0 Å². The van der Waals surface area contributed by atoms with E-state index in [-0.39, 0.29) is 5.91 Å². The second-order valence-electron chi connectivity index (χ2n) is 4.66. The lowest BCUT2D eigenvalue weighted by atomic mass is 10.2. The number of likely N-dealkylation sites (N-methyl/N-ethyl adjacent to an activating group) is 2. The van der Waals surface area contributed by atoms with Gasteiger partial charge in [0.15, 0.2) is 0 Å². The molecule has 1 aliphatic heterocycles. The van der Waals surface area contributed by atoms with Crippen molar-refractivity contribution >= 4 is 11.6 Å². The van der Waals surface area contributed by atoms with Gasteiger partial charge in [0, 0.05) is 19.6 Å². The van der Waals surface area contributed by atoms with Crippen LogP contribution in [0, 0.1) is 0 Å². The first-order chi connectivity index (χ1) is 8.09. The normalized spacial score (nSPS) is 20.7. The summed E-state index contributed by atoms with van der Waals surface area (Å²) in [5.74, 6) is -0.0969. The van der Waals surface area contributed by atoms with E-state index in [1.165, 1.54) is 12.6 Å². The van der Waals surface area contributed by atoms with Crippen LogP contribution in [0.2, 0.25) is 0 Å². The number of amides is 1. The average molecular weight is 237 g/mol. The summed E-state index contributed by atoms with van der Waals surface area (Å²) < 4.78 is 0. The second-order valence-corrected chi connectivity index (χ2v) is 4.66. The Morgan fingerprint density at radius 3 is 3.06 bits per heavy atom. The van der Waals surface area contributed by atoms with E-state index < -0.39 is 0 Å². The number of H-pyrrole nitrogens is 1. The zero-order valence-electron chi connectivity index (χ0n) is 10.3. The van der Waals surface area contributed by atoms with E-state index in [4.69, 9.17) is 5.73 Å². The molecule has 2 heterocycles. The smallest absolute Gasteiger partial charge is 0.273 e. The monoisotopic (exact) mass is 237 g/mol. The number of carbonyl (C=O) groups excluding carboxylic acids is 1. The number of likely N-dealkylation sites (tertiary alicyclic amines) is 1. The lowest BCUT2D eigenvalue weighted by Crippen LogP contribution is -2.39. The highest BCUT2D eigenvalue weighted by Gasteiger charge is 2.25. The zero-order valence-corrected chi connectivity index (χ0v) is 10.3. The summed E-state index contributed by atoms with van der Waals surface area (Å²) in [7, 11) is 3.90. The first-order valence-corrected chi connectivity index (χ1v) is 5.84. The molecule has 6 heteroatoms. The van der Waals surface area contributed by atoms with Crippen LogP contribution in [0.1, 0.15) is 23.3 Å². The number of hydrogen-bond donors (Lipinski definition) is 2. The van der Waals surface area contributed by atoms with E-state index in [9.17, 15) is 4.79 Å². The molecule has 0 aromatic carbocycles. The summed E-state index contributed by atoms with van der Waals surface area (Å²) in [4.78, 5) is 16.1. The van der Waals surface area contributed by atoms with Gasteiger partial charge in [0.25, 0.3) is 5.91 Å². The van der Waals surface area contributed by atoms with Gasteiger partial charge in [0.1, 0.15) is 5.69 Å². The van der Waals surface area contributed by atoms with E-state index in [2.05, 4.69) is 22.1 Å². The number of nitrogens with two attached hydrogens (primary N) is 1. The number of nitrogens with one attached hydrogen (secondary N) is 1. The Morgan fingerprint density at radius 1 is 1.76 bits per heavy atom.